The fraction of sp³-hybridized carbons (Fsp3) is 0.267. The Bertz CT molecular complexity index is 538. The molecule has 0 saturated carbocycles. The molecule has 0 aliphatic rings. The second kappa shape index (κ2) is 5.54. The van der Waals surface area contributed by atoms with Crippen LogP contribution >= 0.6 is 0 Å². The van der Waals surface area contributed by atoms with E-state index < -0.39 is 0 Å². The Morgan fingerprint density at radius 2 is 1.83 bits per heavy atom. The summed E-state index contributed by atoms with van der Waals surface area (Å²) >= 11 is 0. The van der Waals surface area contributed by atoms with Crippen LogP contribution in [0.1, 0.15) is 16.8 Å². The van der Waals surface area contributed by atoms with Crippen LogP contribution in [0.5, 0.6) is 11.5 Å². The number of hydrogen-bond donors (Lipinski definition) is 0. The smallest absolute Gasteiger partial charge is 0.160 e. The van der Waals surface area contributed by atoms with Gasteiger partial charge in [-0.25, -0.2) is 0 Å². The third-order valence-corrected chi connectivity index (χ3v) is 2.94. The van der Waals surface area contributed by atoms with E-state index in [-0.39, 0.29) is 0 Å². The second-order valence-electron chi connectivity index (χ2n) is 4.13. The van der Waals surface area contributed by atoms with Gasteiger partial charge in [0, 0.05) is 18.3 Å². The predicted octanol–water partition coefficient (Wildman–Crippen LogP) is 3.00. The fourth-order valence-corrected chi connectivity index (χ4v) is 1.89. The average molecular weight is 243 g/mol. The molecule has 0 radical (unpaired) electrons. The Hall–Kier alpha value is -2.03. The highest BCUT2D eigenvalue weighted by atomic mass is 16.5. The van der Waals surface area contributed by atoms with Crippen molar-refractivity contribution in [2.75, 3.05) is 14.2 Å². The minimum absolute atomic E-state index is 0.749. The summed E-state index contributed by atoms with van der Waals surface area (Å²) in [6.45, 7) is 2.07. The van der Waals surface area contributed by atoms with Crippen LogP contribution in [0, 0.1) is 6.92 Å². The van der Waals surface area contributed by atoms with E-state index in [4.69, 9.17) is 9.47 Å². The number of rotatable bonds is 4. The normalized spacial score (nSPS) is 10.2. The van der Waals surface area contributed by atoms with Crippen molar-refractivity contribution in [2.24, 2.45) is 0 Å². The summed E-state index contributed by atoms with van der Waals surface area (Å²) < 4.78 is 10.5. The summed E-state index contributed by atoms with van der Waals surface area (Å²) in [5, 5.41) is 0. The first-order valence-corrected chi connectivity index (χ1v) is 5.86. The van der Waals surface area contributed by atoms with Gasteiger partial charge in [-0.05, 0) is 36.2 Å². The van der Waals surface area contributed by atoms with Gasteiger partial charge in [0.2, 0.25) is 0 Å². The molecule has 0 spiro atoms. The molecule has 0 atom stereocenters. The molecule has 0 bridgehead atoms. The van der Waals surface area contributed by atoms with Gasteiger partial charge in [0.15, 0.2) is 11.5 Å². The number of pyridine rings is 1. The van der Waals surface area contributed by atoms with Crippen molar-refractivity contribution in [1.82, 2.24) is 4.98 Å². The van der Waals surface area contributed by atoms with Crippen LogP contribution in [0.2, 0.25) is 0 Å². The summed E-state index contributed by atoms with van der Waals surface area (Å²) in [7, 11) is 3.29. The van der Waals surface area contributed by atoms with Gasteiger partial charge in [0.1, 0.15) is 0 Å². The minimum atomic E-state index is 0.749. The first-order valence-electron chi connectivity index (χ1n) is 5.86. The molecule has 2 rings (SSSR count). The van der Waals surface area contributed by atoms with E-state index in [1.165, 1.54) is 5.56 Å². The van der Waals surface area contributed by atoms with Crippen molar-refractivity contribution in [1.29, 1.82) is 0 Å². The molecule has 0 saturated heterocycles. The van der Waals surface area contributed by atoms with Crippen molar-refractivity contribution < 1.29 is 9.47 Å². The number of nitrogens with zero attached hydrogens (tertiary/aromatic N) is 1. The molecule has 0 aliphatic heterocycles. The molecule has 1 heterocycles. The van der Waals surface area contributed by atoms with Gasteiger partial charge in [-0.2, -0.15) is 0 Å². The monoisotopic (exact) mass is 243 g/mol. The maximum atomic E-state index is 5.30. The summed E-state index contributed by atoms with van der Waals surface area (Å²) in [4.78, 5) is 4.40. The van der Waals surface area contributed by atoms with Gasteiger partial charge in [0.25, 0.3) is 0 Å². The van der Waals surface area contributed by atoms with E-state index >= 15 is 0 Å². The van der Waals surface area contributed by atoms with Crippen molar-refractivity contribution in [3.63, 3.8) is 0 Å². The van der Waals surface area contributed by atoms with E-state index in [0.717, 1.165) is 29.2 Å². The molecule has 94 valence electrons. The molecule has 3 nitrogen and oxygen atoms in total. The maximum Gasteiger partial charge on any atom is 0.160 e. The van der Waals surface area contributed by atoms with Crippen LogP contribution < -0.4 is 9.47 Å². The van der Waals surface area contributed by atoms with Gasteiger partial charge < -0.3 is 9.47 Å². The molecule has 2 aromatic rings. The molecule has 0 unspecified atom stereocenters. The minimum Gasteiger partial charge on any atom is -0.493 e. The van der Waals surface area contributed by atoms with Crippen LogP contribution in [0.25, 0.3) is 0 Å². The van der Waals surface area contributed by atoms with Gasteiger partial charge in [-0.15, -0.1) is 0 Å². The first kappa shape index (κ1) is 12.4. The topological polar surface area (TPSA) is 31.4 Å². The number of benzene rings is 1. The number of aryl methyl sites for hydroxylation is 1. The van der Waals surface area contributed by atoms with Gasteiger partial charge in [-0.1, -0.05) is 12.1 Å². The SMILES string of the molecule is COc1ccc(Cc2ncccc2C)cc1OC. The lowest BCUT2D eigenvalue weighted by molar-refractivity contribution is 0.354. The Morgan fingerprint density at radius 3 is 2.50 bits per heavy atom. The highest BCUT2D eigenvalue weighted by Crippen LogP contribution is 2.28. The molecule has 1 aromatic carbocycles. The highest BCUT2D eigenvalue weighted by molar-refractivity contribution is 5.44. The van der Waals surface area contributed by atoms with Crippen molar-refractivity contribution in [3.8, 4) is 11.5 Å². The van der Waals surface area contributed by atoms with Crippen molar-refractivity contribution in [3.05, 3.63) is 53.3 Å². The summed E-state index contributed by atoms with van der Waals surface area (Å²) in [5.41, 5.74) is 3.45. The van der Waals surface area contributed by atoms with Gasteiger partial charge >= 0.3 is 0 Å². The summed E-state index contributed by atoms with van der Waals surface area (Å²) in [6, 6.07) is 9.98. The number of aromatic nitrogens is 1. The van der Waals surface area contributed by atoms with Crippen molar-refractivity contribution >= 4 is 0 Å². The molecule has 0 fully saturated rings. The van der Waals surface area contributed by atoms with E-state index in [9.17, 15) is 0 Å². The zero-order valence-electron chi connectivity index (χ0n) is 10.9. The van der Waals surface area contributed by atoms with Crippen LogP contribution in [0.3, 0.4) is 0 Å². The standard InChI is InChI=1S/C15H17NO2/c1-11-5-4-8-16-13(11)9-12-6-7-14(17-2)15(10-12)18-3/h4-8,10H,9H2,1-3H3. The molecular formula is C15H17NO2. The lowest BCUT2D eigenvalue weighted by Crippen LogP contribution is -1.97. The first-order chi connectivity index (χ1) is 8.74. The van der Waals surface area contributed by atoms with Crippen LogP contribution in [0.15, 0.2) is 36.5 Å². The summed E-state index contributed by atoms with van der Waals surface area (Å²) in [6.07, 6.45) is 2.62. The fourth-order valence-electron chi connectivity index (χ4n) is 1.89. The van der Waals surface area contributed by atoms with Crippen molar-refractivity contribution in [2.45, 2.75) is 13.3 Å². The van der Waals surface area contributed by atoms with Crippen LogP contribution in [-0.2, 0) is 6.42 Å². The molecule has 18 heavy (non-hydrogen) atoms. The second-order valence-corrected chi connectivity index (χ2v) is 4.13. The third-order valence-electron chi connectivity index (χ3n) is 2.94. The largest absolute Gasteiger partial charge is 0.493 e. The maximum absolute atomic E-state index is 5.30. The zero-order chi connectivity index (χ0) is 13.0. The van der Waals surface area contributed by atoms with Crippen LogP contribution in [-0.4, -0.2) is 19.2 Å². The molecular weight excluding hydrogens is 226 g/mol. The average Bonchev–Trinajstić information content (AvgIpc) is 2.41. The molecule has 1 aromatic heterocycles. The van der Waals surface area contributed by atoms with Gasteiger partial charge in [0.05, 0.1) is 14.2 Å². The Kier molecular flexibility index (Phi) is 3.82. The van der Waals surface area contributed by atoms with E-state index in [1.54, 1.807) is 14.2 Å². The molecule has 0 N–H and O–H groups in total. The predicted molar refractivity (Wildman–Crippen MR) is 71.3 cm³/mol. The van der Waals surface area contributed by atoms with E-state index in [2.05, 4.69) is 18.0 Å². The van der Waals surface area contributed by atoms with Gasteiger partial charge in [-0.3, -0.25) is 4.98 Å². The number of methoxy groups -OCH3 is 2. The summed E-state index contributed by atoms with van der Waals surface area (Å²) in [5.74, 6) is 1.50. The molecule has 3 heteroatoms. The van der Waals surface area contributed by atoms with Crippen LogP contribution in [0.4, 0.5) is 0 Å². The lowest BCUT2D eigenvalue weighted by atomic mass is 10.1. The third kappa shape index (κ3) is 2.62. The highest BCUT2D eigenvalue weighted by Gasteiger charge is 2.06. The Morgan fingerprint density at radius 1 is 1.06 bits per heavy atom. The molecule has 0 amide bonds. The molecule has 0 aliphatic carbocycles. The number of hydrogen-bond acceptors (Lipinski definition) is 3. The Labute approximate surface area is 107 Å². The quantitative estimate of drug-likeness (QED) is 0.827. The Balaban J connectivity index is 2.27. The zero-order valence-corrected chi connectivity index (χ0v) is 10.9. The van der Waals surface area contributed by atoms with E-state index in [0.29, 0.717) is 0 Å². The van der Waals surface area contributed by atoms with E-state index in [1.807, 2.05) is 30.5 Å². The lowest BCUT2D eigenvalue weighted by Gasteiger charge is -2.10. The number of ether oxygens (including phenoxy) is 2.